The average molecular weight is 388 g/mol. The second kappa shape index (κ2) is 6.51. The van der Waals surface area contributed by atoms with E-state index in [0.717, 1.165) is 16.8 Å². The molecule has 3 heterocycles. The van der Waals surface area contributed by atoms with Crippen LogP contribution in [0.15, 0.2) is 66.3 Å². The lowest BCUT2D eigenvalue weighted by Gasteiger charge is -2.24. The molecule has 6 heteroatoms. The lowest BCUT2D eigenvalue weighted by Crippen LogP contribution is -2.43. The van der Waals surface area contributed by atoms with E-state index in [2.05, 4.69) is 18.2 Å². The van der Waals surface area contributed by atoms with Crippen molar-refractivity contribution in [2.75, 3.05) is 31.3 Å². The van der Waals surface area contributed by atoms with E-state index in [1.807, 2.05) is 36.4 Å². The summed E-state index contributed by atoms with van der Waals surface area (Å²) in [4.78, 5) is 19.6. The molecule has 0 aliphatic carbocycles. The van der Waals surface area contributed by atoms with E-state index in [1.165, 1.54) is 6.20 Å². The summed E-state index contributed by atoms with van der Waals surface area (Å²) < 4.78 is 17.4. The molecule has 0 radical (unpaired) electrons. The lowest BCUT2D eigenvalue weighted by atomic mass is 9.77. The number of hydrogen-bond acceptors (Lipinski definition) is 5. The van der Waals surface area contributed by atoms with E-state index in [1.54, 1.807) is 11.1 Å². The van der Waals surface area contributed by atoms with Crippen LogP contribution in [0, 0.1) is 0 Å². The molecule has 0 aromatic heterocycles. The quantitative estimate of drug-likeness (QED) is 0.755. The molecule has 0 bridgehead atoms. The first-order valence-corrected chi connectivity index (χ1v) is 9.45. The maximum atomic E-state index is 13.8. The number of aliphatic imine (C=N–C) groups is 1. The smallest absolute Gasteiger partial charge is 0.246 e. The number of benzene rings is 2. The molecule has 6 nitrogen and oxygen atoms in total. The van der Waals surface area contributed by atoms with Gasteiger partial charge in [-0.1, -0.05) is 31.4 Å². The Balaban J connectivity index is 1.62. The van der Waals surface area contributed by atoms with Gasteiger partial charge >= 0.3 is 0 Å². The zero-order valence-electron chi connectivity index (χ0n) is 15.9. The predicted molar refractivity (Wildman–Crippen MR) is 110 cm³/mol. The van der Waals surface area contributed by atoms with Gasteiger partial charge in [-0.15, -0.1) is 0 Å². The lowest BCUT2D eigenvalue weighted by molar-refractivity contribution is -0.122. The number of carbonyl (C=O) groups excluding carboxylic acids is 1. The number of amides is 1. The van der Waals surface area contributed by atoms with Crippen molar-refractivity contribution in [1.29, 1.82) is 0 Å². The second-order valence-electron chi connectivity index (χ2n) is 7.21. The Morgan fingerprint density at radius 1 is 1.10 bits per heavy atom. The number of carbonyl (C=O) groups is 1. The highest BCUT2D eigenvalue weighted by molar-refractivity contribution is 6.12. The number of fused-ring (bicyclic) bond motifs is 5. The Bertz CT molecular complexity index is 1070. The van der Waals surface area contributed by atoms with Crippen molar-refractivity contribution >= 4 is 17.8 Å². The summed E-state index contributed by atoms with van der Waals surface area (Å²) in [7, 11) is 0. The van der Waals surface area contributed by atoms with Crippen LogP contribution in [0.3, 0.4) is 0 Å². The van der Waals surface area contributed by atoms with Gasteiger partial charge in [0.1, 0.15) is 31.0 Å². The van der Waals surface area contributed by atoms with Gasteiger partial charge in [-0.25, -0.2) is 0 Å². The van der Waals surface area contributed by atoms with E-state index in [9.17, 15) is 4.79 Å². The molecule has 0 N–H and O–H groups in total. The standard InChI is InChI=1S/C23H20N2O4/c1-3-24-12-15(2)13-25-18-7-5-4-6-16(18)23(22(25)26)14-29-19-11-21-20(10-17(19)23)27-8-9-28-21/h3-7,10-12H,1-2,8-9,13-14H2/t23-/m0/s1. The Hall–Kier alpha value is -3.54. The SMILES string of the molecule is C=CN=CC(=C)CN1C(=O)[C@@]2(COc3cc4c(cc32)OCCO4)c2ccccc21. The minimum absolute atomic E-state index is 0.0396. The van der Waals surface area contributed by atoms with Gasteiger partial charge in [0.2, 0.25) is 5.91 Å². The highest BCUT2D eigenvalue weighted by Gasteiger charge is 2.57. The van der Waals surface area contributed by atoms with Crippen LogP contribution in [0.1, 0.15) is 11.1 Å². The molecule has 0 fully saturated rings. The zero-order valence-corrected chi connectivity index (χ0v) is 15.9. The van der Waals surface area contributed by atoms with Crippen LogP contribution in [0.2, 0.25) is 0 Å². The van der Waals surface area contributed by atoms with Gasteiger partial charge in [-0.2, -0.15) is 0 Å². The van der Waals surface area contributed by atoms with Crippen LogP contribution in [0.4, 0.5) is 5.69 Å². The highest BCUT2D eigenvalue weighted by Crippen LogP contribution is 2.54. The molecule has 3 aliphatic rings. The average Bonchev–Trinajstić information content (AvgIpc) is 3.23. The van der Waals surface area contributed by atoms with Crippen molar-refractivity contribution in [3.63, 3.8) is 0 Å². The Morgan fingerprint density at radius 3 is 2.66 bits per heavy atom. The predicted octanol–water partition coefficient (Wildman–Crippen LogP) is 3.25. The van der Waals surface area contributed by atoms with Gasteiger partial charge in [-0.05, 0) is 23.3 Å². The van der Waals surface area contributed by atoms with E-state index in [0.29, 0.717) is 42.6 Å². The third kappa shape index (κ3) is 2.49. The van der Waals surface area contributed by atoms with Crippen LogP contribution in [0.5, 0.6) is 17.2 Å². The first kappa shape index (κ1) is 17.6. The Morgan fingerprint density at radius 2 is 1.86 bits per heavy atom. The maximum Gasteiger partial charge on any atom is 0.246 e. The molecule has 0 saturated heterocycles. The van der Waals surface area contributed by atoms with E-state index in [-0.39, 0.29) is 12.5 Å². The van der Waals surface area contributed by atoms with E-state index >= 15 is 0 Å². The monoisotopic (exact) mass is 388 g/mol. The summed E-state index contributed by atoms with van der Waals surface area (Å²) in [5.74, 6) is 1.91. The van der Waals surface area contributed by atoms with Crippen LogP contribution < -0.4 is 19.1 Å². The van der Waals surface area contributed by atoms with E-state index < -0.39 is 5.41 Å². The third-order valence-electron chi connectivity index (χ3n) is 5.54. The van der Waals surface area contributed by atoms with Crippen molar-refractivity contribution in [2.24, 2.45) is 4.99 Å². The summed E-state index contributed by atoms with van der Waals surface area (Å²) in [5, 5.41) is 0. The molecular formula is C23H20N2O4. The molecule has 3 aliphatic heterocycles. The van der Waals surface area contributed by atoms with Crippen molar-refractivity contribution in [2.45, 2.75) is 5.41 Å². The molecule has 2 aromatic rings. The Labute approximate surface area is 168 Å². The molecule has 146 valence electrons. The Kier molecular flexibility index (Phi) is 3.94. The van der Waals surface area contributed by atoms with Crippen molar-refractivity contribution < 1.29 is 19.0 Å². The fourth-order valence-corrected chi connectivity index (χ4v) is 4.27. The molecule has 1 atom stereocenters. The number of hydrogen-bond donors (Lipinski definition) is 0. The van der Waals surface area contributed by atoms with Gasteiger partial charge in [-0.3, -0.25) is 9.79 Å². The highest BCUT2D eigenvalue weighted by atomic mass is 16.6. The van der Waals surface area contributed by atoms with Gasteiger partial charge in [0, 0.05) is 29.7 Å². The number of para-hydroxylation sites is 1. The van der Waals surface area contributed by atoms with Crippen LogP contribution in [-0.4, -0.2) is 38.5 Å². The zero-order chi connectivity index (χ0) is 20.0. The largest absolute Gasteiger partial charge is 0.491 e. The second-order valence-corrected chi connectivity index (χ2v) is 7.21. The molecule has 0 unspecified atom stereocenters. The van der Waals surface area contributed by atoms with Crippen molar-refractivity contribution in [1.82, 2.24) is 0 Å². The minimum Gasteiger partial charge on any atom is -0.491 e. The number of anilines is 1. The van der Waals surface area contributed by atoms with Gasteiger partial charge in [0.05, 0.1) is 6.54 Å². The van der Waals surface area contributed by atoms with Crippen molar-refractivity contribution in [3.05, 3.63) is 72.5 Å². The summed E-state index contributed by atoms with van der Waals surface area (Å²) in [6.07, 6.45) is 3.06. The molecule has 5 rings (SSSR count). The molecule has 0 saturated carbocycles. The van der Waals surface area contributed by atoms with Gasteiger partial charge in [0.15, 0.2) is 11.5 Å². The molecule has 1 spiro atoms. The topological polar surface area (TPSA) is 60.4 Å². The molecular weight excluding hydrogens is 368 g/mol. The van der Waals surface area contributed by atoms with E-state index in [4.69, 9.17) is 14.2 Å². The van der Waals surface area contributed by atoms with Gasteiger partial charge < -0.3 is 19.1 Å². The number of rotatable bonds is 4. The normalized spacial score (nSPS) is 21.2. The van der Waals surface area contributed by atoms with Gasteiger partial charge in [0.25, 0.3) is 0 Å². The molecule has 29 heavy (non-hydrogen) atoms. The number of ether oxygens (including phenoxy) is 3. The molecule has 1 amide bonds. The fourth-order valence-electron chi connectivity index (χ4n) is 4.27. The first-order chi connectivity index (χ1) is 14.1. The van der Waals surface area contributed by atoms with Crippen molar-refractivity contribution in [3.8, 4) is 17.2 Å². The number of nitrogens with zero attached hydrogens (tertiary/aromatic N) is 2. The summed E-state index contributed by atoms with van der Waals surface area (Å²) in [6, 6.07) is 11.5. The summed E-state index contributed by atoms with van der Waals surface area (Å²) in [5.41, 5.74) is 2.40. The molecule has 2 aromatic carbocycles. The van der Waals surface area contributed by atoms with Crippen LogP contribution >= 0.6 is 0 Å². The summed E-state index contributed by atoms with van der Waals surface area (Å²) in [6.45, 7) is 9.17. The van der Waals surface area contributed by atoms with Crippen LogP contribution in [-0.2, 0) is 10.2 Å². The minimum atomic E-state index is -0.905. The first-order valence-electron chi connectivity index (χ1n) is 9.45. The third-order valence-corrected chi connectivity index (χ3v) is 5.54. The maximum absolute atomic E-state index is 13.8. The summed E-state index contributed by atoms with van der Waals surface area (Å²) >= 11 is 0. The fraction of sp³-hybridized carbons (Fsp3) is 0.217. The van der Waals surface area contributed by atoms with Crippen LogP contribution in [0.25, 0.3) is 0 Å².